The van der Waals surface area contributed by atoms with Gasteiger partial charge in [-0.25, -0.2) is 22.4 Å². The maximum Gasteiger partial charge on any atom is 0.407 e. The Balaban J connectivity index is 0.000000306. The molecule has 0 aromatic heterocycles. The lowest BCUT2D eigenvalue weighted by atomic mass is 9.86. The van der Waals surface area contributed by atoms with Gasteiger partial charge < -0.3 is 45.7 Å². The van der Waals surface area contributed by atoms with Crippen LogP contribution in [0.5, 0.6) is 0 Å². The van der Waals surface area contributed by atoms with E-state index >= 15 is 0 Å². The lowest BCUT2D eigenvalue weighted by molar-refractivity contribution is -0.120. The molecular weight excluding hydrogens is 917 g/mol. The van der Waals surface area contributed by atoms with Gasteiger partial charge in [0.1, 0.15) is 28.9 Å². The number of carbonyl (C=O) groups excluding carboxylic acids is 2. The second-order valence-corrected chi connectivity index (χ2v) is 22.2. The molecule has 11 nitrogen and oxygen atoms in total. The van der Waals surface area contributed by atoms with E-state index in [1.807, 2.05) is 0 Å². The van der Waals surface area contributed by atoms with Crippen LogP contribution >= 0.6 is 0 Å². The molecule has 0 radical (unpaired) electrons. The molecule has 6 atom stereocenters. The van der Waals surface area contributed by atoms with Gasteiger partial charge in [-0.1, -0.05) is 85.4 Å². The Bertz CT molecular complexity index is 2340. The predicted molar refractivity (Wildman–Crippen MR) is 270 cm³/mol. The van der Waals surface area contributed by atoms with Crippen molar-refractivity contribution in [2.24, 2.45) is 10.8 Å². The van der Waals surface area contributed by atoms with Crippen molar-refractivity contribution in [1.82, 2.24) is 21.3 Å². The second-order valence-electron chi connectivity index (χ2n) is 22.2. The minimum absolute atomic E-state index is 0. The van der Waals surface area contributed by atoms with E-state index in [1.54, 1.807) is 20.8 Å². The molecule has 2 aliphatic rings. The zero-order valence-corrected chi connectivity index (χ0v) is 42.4. The Labute approximate surface area is 418 Å². The topological polar surface area (TPSA) is 150 Å². The van der Waals surface area contributed by atoms with Crippen LogP contribution in [0, 0.1) is 34.1 Å². The second kappa shape index (κ2) is 25.7. The summed E-state index contributed by atoms with van der Waals surface area (Å²) in [6.07, 6.45) is -0.750. The number of fused-ring (bicyclic) bond motifs is 2. The van der Waals surface area contributed by atoms with E-state index in [0.29, 0.717) is 37.6 Å². The summed E-state index contributed by atoms with van der Waals surface area (Å²) in [5, 5.41) is 34.0. The first kappa shape index (κ1) is 58.7. The van der Waals surface area contributed by atoms with Gasteiger partial charge >= 0.3 is 6.09 Å². The minimum Gasteiger partial charge on any atom is -0.444 e. The third kappa shape index (κ3) is 19.9. The van der Waals surface area contributed by atoms with Crippen LogP contribution in [0.4, 0.5) is 22.4 Å². The predicted octanol–water partition coefficient (Wildman–Crippen LogP) is 9.67. The van der Waals surface area contributed by atoms with E-state index in [2.05, 4.69) is 99.2 Å². The zero-order valence-electron chi connectivity index (χ0n) is 42.4. The molecule has 392 valence electrons. The number of rotatable bonds is 16. The van der Waals surface area contributed by atoms with Gasteiger partial charge in [-0.05, 0) is 126 Å². The number of hydrogen-bond acceptors (Lipinski definition) is 9. The number of halogens is 4. The molecule has 2 aliphatic heterocycles. The standard InChI is InChI=1S/C29H40F2N2O4.C26H34F2N2O3.CH4/c1-28(2,3)14-18-7-8-20-16-36-17-25(23(20)11-18)32-15-26(34)24(33-27(35)37-29(4,5)6)12-19-9-21(30)13-22(31)10-19;1-16(31)30-23(10-18-7-20(27)11-21(28)8-18)25(32)13-29-24-15-33-14-19-6-5-17(9-22(19)24)12-26(2,3)4;/h7-11,13,24-26,32,34H,12,14-17H2,1-6H3,(H,33,35);5-9,11,23-25,29,32H,10,12-15H2,1-4H3,(H,30,31);1H4/t24-,25?,26+;23-,24?,25+;/m00./s1. The fraction of sp³-hybridized carbons (Fsp3) is 0.536. The van der Waals surface area contributed by atoms with E-state index in [9.17, 15) is 37.4 Å². The maximum atomic E-state index is 13.8. The molecule has 71 heavy (non-hydrogen) atoms. The number of alkyl carbamates (subject to hydrolysis) is 1. The fourth-order valence-electron chi connectivity index (χ4n) is 8.80. The van der Waals surface area contributed by atoms with Crippen molar-refractivity contribution in [3.8, 4) is 0 Å². The lowest BCUT2D eigenvalue weighted by Crippen LogP contribution is -2.50. The molecule has 4 aromatic rings. The fourth-order valence-corrected chi connectivity index (χ4v) is 8.80. The number of carbonyl (C=O) groups is 2. The van der Waals surface area contributed by atoms with Gasteiger partial charge in [0.25, 0.3) is 0 Å². The molecule has 15 heteroatoms. The van der Waals surface area contributed by atoms with Crippen LogP contribution in [0.1, 0.15) is 133 Å². The van der Waals surface area contributed by atoms with Gasteiger partial charge in [0, 0.05) is 32.1 Å². The Morgan fingerprint density at radius 2 is 0.986 bits per heavy atom. The van der Waals surface area contributed by atoms with Crippen molar-refractivity contribution >= 4 is 12.0 Å². The molecule has 6 N–H and O–H groups in total. The number of amides is 2. The first-order valence-corrected chi connectivity index (χ1v) is 24.1. The SMILES string of the molecule is C.CC(=O)N[C@@H](Cc1cc(F)cc(F)c1)[C@H](O)CNC1COCc2ccc(CC(C)(C)C)cc21.CC(C)(C)Cc1ccc2c(c1)C(NC[C@@H](O)[C@H](Cc1cc(F)cc(F)c1)NC(=O)OC(C)(C)C)COC2. The summed E-state index contributed by atoms with van der Waals surface area (Å²) >= 11 is 0. The summed E-state index contributed by atoms with van der Waals surface area (Å²) in [7, 11) is 0. The highest BCUT2D eigenvalue weighted by molar-refractivity contribution is 5.73. The van der Waals surface area contributed by atoms with Crippen molar-refractivity contribution < 1.29 is 51.6 Å². The Kier molecular flexibility index (Phi) is 21.2. The number of ether oxygens (including phenoxy) is 3. The van der Waals surface area contributed by atoms with E-state index in [1.165, 1.54) is 42.3 Å². The van der Waals surface area contributed by atoms with Gasteiger partial charge in [-0.15, -0.1) is 0 Å². The van der Waals surface area contributed by atoms with Crippen molar-refractivity contribution in [3.63, 3.8) is 0 Å². The summed E-state index contributed by atoms with van der Waals surface area (Å²) < 4.78 is 71.6. The van der Waals surface area contributed by atoms with Gasteiger partial charge in [0.2, 0.25) is 5.91 Å². The van der Waals surface area contributed by atoms with Gasteiger partial charge in [-0.2, -0.15) is 0 Å². The van der Waals surface area contributed by atoms with E-state index in [0.717, 1.165) is 47.2 Å². The lowest BCUT2D eigenvalue weighted by Gasteiger charge is -2.31. The average Bonchev–Trinajstić information content (AvgIpc) is 3.22. The molecule has 0 saturated carbocycles. The minimum atomic E-state index is -1.07. The van der Waals surface area contributed by atoms with Gasteiger partial charge in [0.15, 0.2) is 0 Å². The van der Waals surface area contributed by atoms with E-state index in [4.69, 9.17) is 14.2 Å². The molecule has 2 heterocycles. The molecule has 0 bridgehead atoms. The normalized spacial score (nSPS) is 17.5. The largest absolute Gasteiger partial charge is 0.444 e. The third-order valence-corrected chi connectivity index (χ3v) is 11.6. The average molecular weight is 995 g/mol. The number of hydrogen-bond donors (Lipinski definition) is 6. The van der Waals surface area contributed by atoms with Crippen molar-refractivity contribution in [2.75, 3.05) is 26.3 Å². The number of nitrogens with one attached hydrogen (secondary N) is 4. The quantitative estimate of drug-likeness (QED) is 0.0604. The van der Waals surface area contributed by atoms with Crippen LogP contribution in [-0.4, -0.2) is 78.4 Å². The molecule has 0 spiro atoms. The van der Waals surface area contributed by atoms with Crippen LogP contribution < -0.4 is 21.3 Å². The van der Waals surface area contributed by atoms with Crippen LogP contribution in [0.3, 0.4) is 0 Å². The molecule has 2 amide bonds. The number of aliphatic hydroxyl groups excluding tert-OH is 2. The number of aliphatic hydroxyl groups is 2. The third-order valence-electron chi connectivity index (χ3n) is 11.6. The highest BCUT2D eigenvalue weighted by Crippen LogP contribution is 2.31. The van der Waals surface area contributed by atoms with Crippen LogP contribution in [0.2, 0.25) is 0 Å². The van der Waals surface area contributed by atoms with Crippen LogP contribution in [0.25, 0.3) is 0 Å². The summed E-state index contributed by atoms with van der Waals surface area (Å²) in [5.74, 6) is -3.15. The monoisotopic (exact) mass is 995 g/mol. The van der Waals surface area contributed by atoms with Crippen LogP contribution in [0.15, 0.2) is 72.8 Å². The Morgan fingerprint density at radius 1 is 0.606 bits per heavy atom. The molecule has 6 rings (SSSR count). The molecule has 2 unspecified atom stereocenters. The van der Waals surface area contributed by atoms with Crippen molar-refractivity contribution in [1.29, 1.82) is 0 Å². The van der Waals surface area contributed by atoms with Gasteiger partial charge in [-0.3, -0.25) is 4.79 Å². The summed E-state index contributed by atoms with van der Waals surface area (Å²) in [5.41, 5.74) is 7.22. The summed E-state index contributed by atoms with van der Waals surface area (Å²) in [4.78, 5) is 24.2. The Morgan fingerprint density at radius 3 is 1.34 bits per heavy atom. The Hall–Kier alpha value is -4.90. The molecule has 4 aromatic carbocycles. The first-order valence-electron chi connectivity index (χ1n) is 24.1. The highest BCUT2D eigenvalue weighted by atomic mass is 19.1. The summed E-state index contributed by atoms with van der Waals surface area (Å²) in [6, 6.07) is 17.4. The van der Waals surface area contributed by atoms with Crippen molar-refractivity contribution in [2.45, 2.75) is 158 Å². The van der Waals surface area contributed by atoms with E-state index in [-0.39, 0.29) is 62.2 Å². The zero-order chi connectivity index (χ0) is 51.6. The molecule has 0 aliphatic carbocycles. The number of benzene rings is 4. The molecular formula is C56H78F4N4O7. The van der Waals surface area contributed by atoms with Crippen molar-refractivity contribution in [3.05, 3.63) is 141 Å². The smallest absolute Gasteiger partial charge is 0.407 e. The maximum absolute atomic E-state index is 13.8. The summed E-state index contributed by atoms with van der Waals surface area (Å²) in [6.45, 7) is 22.0. The van der Waals surface area contributed by atoms with Crippen LogP contribution in [-0.2, 0) is 57.9 Å². The van der Waals surface area contributed by atoms with Gasteiger partial charge in [0.05, 0.1) is 62.8 Å². The molecule has 0 saturated heterocycles. The van der Waals surface area contributed by atoms with E-state index < -0.39 is 59.3 Å². The first-order chi connectivity index (χ1) is 32.7. The highest BCUT2D eigenvalue weighted by Gasteiger charge is 2.30. The molecule has 0 fully saturated rings.